The molecule has 140 valence electrons. The summed E-state index contributed by atoms with van der Waals surface area (Å²) in [6, 6.07) is 15.7. The molecule has 0 saturated carbocycles. The zero-order chi connectivity index (χ0) is 19.4. The Kier molecular flexibility index (Phi) is 5.67. The van der Waals surface area contributed by atoms with E-state index in [1.807, 2.05) is 6.92 Å². The second kappa shape index (κ2) is 7.98. The Morgan fingerprint density at radius 3 is 2.48 bits per heavy atom. The molecular formula is C19H16BrNO5S. The van der Waals surface area contributed by atoms with E-state index in [1.165, 1.54) is 24.3 Å². The molecule has 1 heterocycles. The zero-order valence-corrected chi connectivity index (χ0v) is 16.7. The largest absolute Gasteiger partial charge is 0.492 e. The normalized spacial score (nSPS) is 11.2. The van der Waals surface area contributed by atoms with E-state index in [4.69, 9.17) is 9.15 Å². The van der Waals surface area contributed by atoms with Gasteiger partial charge in [0.15, 0.2) is 5.76 Å². The van der Waals surface area contributed by atoms with Crippen LogP contribution in [0.25, 0.3) is 0 Å². The predicted molar refractivity (Wildman–Crippen MR) is 104 cm³/mol. The maximum atomic E-state index is 12.6. The molecule has 6 nitrogen and oxygen atoms in total. The number of nitrogens with one attached hydrogen (secondary N) is 1. The summed E-state index contributed by atoms with van der Waals surface area (Å²) in [4.78, 5) is 12.5. The molecule has 0 aliphatic carbocycles. The van der Waals surface area contributed by atoms with Crippen LogP contribution in [-0.2, 0) is 9.84 Å². The lowest BCUT2D eigenvalue weighted by Gasteiger charge is -2.10. The van der Waals surface area contributed by atoms with Crippen molar-refractivity contribution in [2.24, 2.45) is 0 Å². The highest BCUT2D eigenvalue weighted by atomic mass is 79.9. The van der Waals surface area contributed by atoms with Gasteiger partial charge in [0.2, 0.25) is 14.9 Å². The van der Waals surface area contributed by atoms with Gasteiger partial charge in [-0.2, -0.15) is 0 Å². The summed E-state index contributed by atoms with van der Waals surface area (Å²) in [7, 11) is -3.85. The number of halogens is 1. The molecule has 1 aromatic heterocycles. The van der Waals surface area contributed by atoms with E-state index in [0.717, 1.165) is 4.47 Å². The Labute approximate surface area is 165 Å². The van der Waals surface area contributed by atoms with Gasteiger partial charge in [-0.1, -0.05) is 28.1 Å². The van der Waals surface area contributed by atoms with Crippen LogP contribution < -0.4 is 10.1 Å². The third kappa shape index (κ3) is 4.23. The number of benzene rings is 2. The Hall–Kier alpha value is -2.58. The van der Waals surface area contributed by atoms with E-state index in [1.54, 1.807) is 36.4 Å². The van der Waals surface area contributed by atoms with Crippen molar-refractivity contribution in [3.8, 4) is 5.75 Å². The molecule has 3 aromatic rings. The molecule has 2 aromatic carbocycles. The second-order valence-corrected chi connectivity index (χ2v) is 8.26. The Bertz CT molecular complexity index is 1060. The van der Waals surface area contributed by atoms with Crippen LogP contribution in [0.5, 0.6) is 5.75 Å². The summed E-state index contributed by atoms with van der Waals surface area (Å²) < 4.78 is 36.8. The first kappa shape index (κ1) is 19.2. The molecule has 0 aliphatic rings. The van der Waals surface area contributed by atoms with Gasteiger partial charge in [0.1, 0.15) is 5.75 Å². The van der Waals surface area contributed by atoms with Crippen molar-refractivity contribution in [1.29, 1.82) is 0 Å². The van der Waals surface area contributed by atoms with E-state index < -0.39 is 15.7 Å². The molecule has 0 aliphatic heterocycles. The third-order valence-electron chi connectivity index (χ3n) is 3.63. The standard InChI is InChI=1S/C19H16BrNO5S/c1-2-25-16-6-4-3-5-15(16)21-19(22)17-11-12-18(26-17)27(23,24)14-9-7-13(20)8-10-14/h3-12H,2H2,1H3,(H,21,22). The van der Waals surface area contributed by atoms with Crippen LogP contribution in [0.15, 0.2) is 79.5 Å². The molecule has 0 fully saturated rings. The van der Waals surface area contributed by atoms with Crippen molar-refractivity contribution >= 4 is 37.4 Å². The van der Waals surface area contributed by atoms with Crippen molar-refractivity contribution in [2.75, 3.05) is 11.9 Å². The van der Waals surface area contributed by atoms with Crippen LogP contribution >= 0.6 is 15.9 Å². The minimum Gasteiger partial charge on any atom is -0.492 e. The van der Waals surface area contributed by atoms with E-state index in [0.29, 0.717) is 18.0 Å². The number of amides is 1. The number of rotatable bonds is 6. The van der Waals surface area contributed by atoms with Gasteiger partial charge in [-0.05, 0) is 55.5 Å². The van der Waals surface area contributed by atoms with E-state index in [2.05, 4.69) is 21.2 Å². The highest BCUT2D eigenvalue weighted by molar-refractivity contribution is 9.10. The monoisotopic (exact) mass is 449 g/mol. The molecule has 0 saturated heterocycles. The minimum absolute atomic E-state index is 0.0775. The first-order valence-electron chi connectivity index (χ1n) is 8.05. The Morgan fingerprint density at radius 2 is 1.78 bits per heavy atom. The van der Waals surface area contributed by atoms with Crippen molar-refractivity contribution in [3.63, 3.8) is 0 Å². The summed E-state index contributed by atoms with van der Waals surface area (Å²) in [6.07, 6.45) is 0. The van der Waals surface area contributed by atoms with Gasteiger partial charge >= 0.3 is 0 Å². The predicted octanol–water partition coefficient (Wildman–Crippen LogP) is 4.53. The molecule has 27 heavy (non-hydrogen) atoms. The summed E-state index contributed by atoms with van der Waals surface area (Å²) in [5, 5.41) is 2.37. The maximum absolute atomic E-state index is 12.6. The lowest BCUT2D eigenvalue weighted by molar-refractivity contribution is 0.0991. The highest BCUT2D eigenvalue weighted by Crippen LogP contribution is 2.27. The van der Waals surface area contributed by atoms with Crippen LogP contribution in [0.1, 0.15) is 17.5 Å². The summed E-state index contributed by atoms with van der Waals surface area (Å²) in [6.45, 7) is 2.29. The summed E-state index contributed by atoms with van der Waals surface area (Å²) in [5.74, 6) is -0.168. The number of para-hydroxylation sites is 2. The molecule has 0 radical (unpaired) electrons. The number of anilines is 1. The summed E-state index contributed by atoms with van der Waals surface area (Å²) >= 11 is 3.26. The lowest BCUT2D eigenvalue weighted by atomic mass is 10.3. The van der Waals surface area contributed by atoms with Gasteiger partial charge in [0.25, 0.3) is 5.91 Å². The van der Waals surface area contributed by atoms with Gasteiger partial charge in [0.05, 0.1) is 17.2 Å². The second-order valence-electron chi connectivity index (χ2n) is 5.46. The number of hydrogen-bond acceptors (Lipinski definition) is 5. The first-order valence-corrected chi connectivity index (χ1v) is 10.3. The van der Waals surface area contributed by atoms with Crippen LogP contribution in [0.4, 0.5) is 5.69 Å². The van der Waals surface area contributed by atoms with E-state index in [9.17, 15) is 13.2 Å². The van der Waals surface area contributed by atoms with Crippen molar-refractivity contribution in [3.05, 3.63) is 70.9 Å². The van der Waals surface area contributed by atoms with Gasteiger partial charge in [-0.3, -0.25) is 4.79 Å². The van der Waals surface area contributed by atoms with Crippen molar-refractivity contribution < 1.29 is 22.4 Å². The number of hydrogen-bond donors (Lipinski definition) is 1. The van der Waals surface area contributed by atoms with Crippen LogP contribution in [-0.4, -0.2) is 20.9 Å². The SMILES string of the molecule is CCOc1ccccc1NC(=O)c1ccc(S(=O)(=O)c2ccc(Br)cc2)o1. The molecule has 0 unspecified atom stereocenters. The molecule has 8 heteroatoms. The molecular weight excluding hydrogens is 434 g/mol. The quantitative estimate of drug-likeness (QED) is 0.597. The fourth-order valence-electron chi connectivity index (χ4n) is 2.35. The molecule has 1 amide bonds. The topological polar surface area (TPSA) is 85.6 Å². The fraction of sp³-hybridized carbons (Fsp3) is 0.105. The van der Waals surface area contributed by atoms with Crippen molar-refractivity contribution in [2.45, 2.75) is 16.9 Å². The Morgan fingerprint density at radius 1 is 1.07 bits per heavy atom. The van der Waals surface area contributed by atoms with Gasteiger partial charge < -0.3 is 14.5 Å². The van der Waals surface area contributed by atoms with E-state index >= 15 is 0 Å². The van der Waals surface area contributed by atoms with Gasteiger partial charge in [-0.25, -0.2) is 8.42 Å². The molecule has 3 rings (SSSR count). The minimum atomic E-state index is -3.85. The van der Waals surface area contributed by atoms with Crippen LogP contribution in [0.3, 0.4) is 0 Å². The number of ether oxygens (including phenoxy) is 1. The Balaban J connectivity index is 1.83. The van der Waals surface area contributed by atoms with Crippen LogP contribution in [0.2, 0.25) is 0 Å². The van der Waals surface area contributed by atoms with E-state index in [-0.39, 0.29) is 15.7 Å². The number of furan rings is 1. The average Bonchev–Trinajstić information content (AvgIpc) is 3.15. The zero-order valence-electron chi connectivity index (χ0n) is 14.3. The molecule has 0 bridgehead atoms. The molecule has 1 N–H and O–H groups in total. The first-order chi connectivity index (χ1) is 12.9. The highest BCUT2D eigenvalue weighted by Gasteiger charge is 2.24. The van der Waals surface area contributed by atoms with Crippen molar-refractivity contribution in [1.82, 2.24) is 0 Å². The maximum Gasteiger partial charge on any atom is 0.291 e. The van der Waals surface area contributed by atoms with Gasteiger partial charge in [-0.15, -0.1) is 0 Å². The third-order valence-corrected chi connectivity index (χ3v) is 5.80. The van der Waals surface area contributed by atoms with Crippen LogP contribution in [0, 0.1) is 0 Å². The van der Waals surface area contributed by atoms with Gasteiger partial charge in [0, 0.05) is 4.47 Å². The number of sulfone groups is 1. The molecule has 0 atom stereocenters. The summed E-state index contributed by atoms with van der Waals surface area (Å²) in [5.41, 5.74) is 0.470. The fourth-order valence-corrected chi connectivity index (χ4v) is 3.79. The lowest BCUT2D eigenvalue weighted by Crippen LogP contribution is -2.12. The smallest absolute Gasteiger partial charge is 0.291 e. The number of carbonyl (C=O) groups is 1. The number of carbonyl (C=O) groups excluding carboxylic acids is 1. The average molecular weight is 450 g/mol. The molecule has 0 spiro atoms.